The minimum Gasteiger partial charge on any atom is -0.491 e. The minimum absolute atomic E-state index is 0.00428. The summed E-state index contributed by atoms with van der Waals surface area (Å²) in [6.07, 6.45) is 4.68. The Kier molecular flexibility index (Phi) is 10.5. The van der Waals surface area contributed by atoms with Gasteiger partial charge in [-0.05, 0) is 110 Å². The average Bonchev–Trinajstić information content (AvgIpc) is 3.68. The van der Waals surface area contributed by atoms with Crippen LogP contribution in [0.1, 0.15) is 143 Å². The summed E-state index contributed by atoms with van der Waals surface area (Å²) >= 11 is 0. The Bertz CT molecular complexity index is 2160. The Labute approximate surface area is 352 Å². The van der Waals surface area contributed by atoms with Crippen molar-refractivity contribution in [1.29, 1.82) is 0 Å². The van der Waals surface area contributed by atoms with Crippen LogP contribution in [0.15, 0.2) is 84.9 Å². The molecule has 2 aliphatic heterocycles. The summed E-state index contributed by atoms with van der Waals surface area (Å²) in [6, 6.07) is 27.7. The average molecular weight is 809 g/mol. The third-order valence-corrected chi connectivity index (χ3v) is 15.1. The third kappa shape index (κ3) is 7.03. The van der Waals surface area contributed by atoms with Crippen LogP contribution in [-0.2, 0) is 10.8 Å². The molecule has 4 saturated carbocycles. The maximum Gasteiger partial charge on any atom is 0.166 e. The van der Waals surface area contributed by atoms with Gasteiger partial charge in [0.15, 0.2) is 23.1 Å². The molecule has 0 amide bonds. The zero-order chi connectivity index (χ0) is 42.1. The molecule has 0 saturated heterocycles. The van der Waals surface area contributed by atoms with Gasteiger partial charge in [-0.15, -0.1) is 0 Å². The molecule has 6 aliphatic rings. The van der Waals surface area contributed by atoms with Crippen LogP contribution in [0.4, 0.5) is 0 Å². The van der Waals surface area contributed by atoms with E-state index in [0.29, 0.717) is 108 Å². The van der Waals surface area contributed by atoms with E-state index in [4.69, 9.17) is 9.47 Å². The molecule has 312 valence electrons. The van der Waals surface area contributed by atoms with Crippen molar-refractivity contribution in [3.05, 3.63) is 129 Å². The highest BCUT2D eigenvalue weighted by Crippen LogP contribution is 2.60. The number of fused-ring (bicyclic) bond motifs is 4. The SMILES string of the molecule is CCC(=O)c1cc(C(=O)CC2[C@H]3CC(O)C[C@@H]23)cc2c1OC[C@@]2(C)c1ccccc1.CCC(=O)c1cc(C(=O)CC2[C@H]3CC(O)C[C@@H]23)cc2c1OC[C@@]2(C)c1ccccc1. The van der Waals surface area contributed by atoms with Crippen molar-refractivity contribution in [3.63, 3.8) is 0 Å². The summed E-state index contributed by atoms with van der Waals surface area (Å²) in [6.45, 7) is 8.83. The van der Waals surface area contributed by atoms with Crippen LogP contribution in [0.3, 0.4) is 0 Å². The van der Waals surface area contributed by atoms with Gasteiger partial charge in [-0.1, -0.05) is 74.5 Å². The minimum atomic E-state index is -0.393. The number of rotatable bonds is 12. The van der Waals surface area contributed by atoms with Crippen LogP contribution in [0.2, 0.25) is 0 Å². The van der Waals surface area contributed by atoms with Crippen LogP contribution in [0.25, 0.3) is 0 Å². The maximum atomic E-state index is 13.2. The van der Waals surface area contributed by atoms with Crippen LogP contribution in [0.5, 0.6) is 11.5 Å². The molecule has 4 unspecified atom stereocenters. The number of ketones is 4. The first-order valence-electron chi connectivity index (χ1n) is 22.1. The van der Waals surface area contributed by atoms with E-state index in [9.17, 15) is 29.4 Å². The first-order valence-corrected chi connectivity index (χ1v) is 22.1. The summed E-state index contributed by atoms with van der Waals surface area (Å²) in [5.74, 6) is 4.22. The molecule has 60 heavy (non-hydrogen) atoms. The van der Waals surface area contributed by atoms with Crippen molar-refractivity contribution in [3.8, 4) is 11.5 Å². The smallest absolute Gasteiger partial charge is 0.166 e. The molecule has 4 aliphatic carbocycles. The molecule has 0 spiro atoms. The number of aliphatic hydroxyl groups is 2. The van der Waals surface area contributed by atoms with E-state index in [-0.39, 0.29) is 35.3 Å². The van der Waals surface area contributed by atoms with E-state index in [0.717, 1.165) is 47.9 Å². The molecule has 10 rings (SSSR count). The Morgan fingerprint density at radius 2 is 0.900 bits per heavy atom. The van der Waals surface area contributed by atoms with Gasteiger partial charge in [-0.3, -0.25) is 19.2 Å². The summed E-state index contributed by atoms with van der Waals surface area (Å²) in [5.41, 5.74) is 5.61. The van der Waals surface area contributed by atoms with Gasteiger partial charge in [0.05, 0.1) is 34.2 Å². The number of hydrogen-bond donors (Lipinski definition) is 2. The third-order valence-electron chi connectivity index (χ3n) is 15.1. The fourth-order valence-electron chi connectivity index (χ4n) is 11.3. The largest absolute Gasteiger partial charge is 0.491 e. The van der Waals surface area contributed by atoms with E-state index in [1.165, 1.54) is 0 Å². The van der Waals surface area contributed by atoms with Crippen molar-refractivity contribution >= 4 is 23.1 Å². The van der Waals surface area contributed by atoms with Gasteiger partial charge in [0.2, 0.25) is 0 Å². The van der Waals surface area contributed by atoms with Crippen LogP contribution in [0, 0.1) is 35.5 Å². The second kappa shape index (κ2) is 15.5. The van der Waals surface area contributed by atoms with Gasteiger partial charge in [0, 0.05) is 47.9 Å². The van der Waals surface area contributed by atoms with Crippen molar-refractivity contribution in [2.45, 2.75) is 102 Å². The van der Waals surface area contributed by atoms with Crippen molar-refractivity contribution in [2.24, 2.45) is 35.5 Å². The fraction of sp³-hybridized carbons (Fsp3) is 0.462. The molecule has 0 radical (unpaired) electrons. The summed E-state index contributed by atoms with van der Waals surface area (Å²) < 4.78 is 12.1. The molecule has 0 aromatic heterocycles. The van der Waals surface area contributed by atoms with E-state index in [1.54, 1.807) is 12.1 Å². The Hall–Kier alpha value is -4.92. The molecule has 4 fully saturated rings. The molecule has 2 N–H and O–H groups in total. The fourth-order valence-corrected chi connectivity index (χ4v) is 11.3. The maximum absolute atomic E-state index is 13.2. The lowest BCUT2D eigenvalue weighted by atomic mass is 9.76. The Morgan fingerprint density at radius 1 is 0.550 bits per heavy atom. The number of Topliss-reactive ketones (excluding diaryl/α,β-unsaturated/α-hetero) is 4. The molecule has 0 bridgehead atoms. The van der Waals surface area contributed by atoms with Gasteiger partial charge in [0.1, 0.15) is 24.7 Å². The number of aliphatic hydroxyl groups excluding tert-OH is 2. The zero-order valence-corrected chi connectivity index (χ0v) is 35.1. The summed E-state index contributed by atoms with van der Waals surface area (Å²) in [5, 5.41) is 19.5. The number of benzene rings is 4. The van der Waals surface area contributed by atoms with Crippen molar-refractivity contribution in [2.75, 3.05) is 13.2 Å². The van der Waals surface area contributed by atoms with Gasteiger partial charge >= 0.3 is 0 Å². The van der Waals surface area contributed by atoms with Gasteiger partial charge in [-0.25, -0.2) is 0 Å². The lowest BCUT2D eigenvalue weighted by Crippen LogP contribution is -2.25. The molecule has 4 aromatic rings. The topological polar surface area (TPSA) is 127 Å². The van der Waals surface area contributed by atoms with Crippen molar-refractivity contribution < 1.29 is 38.9 Å². The highest BCUT2D eigenvalue weighted by molar-refractivity contribution is 6.05. The lowest BCUT2D eigenvalue weighted by Gasteiger charge is -2.24. The molecular formula is C52H56O8. The molecule has 8 nitrogen and oxygen atoms in total. The monoisotopic (exact) mass is 808 g/mol. The van der Waals surface area contributed by atoms with Gasteiger partial charge in [-0.2, -0.15) is 0 Å². The number of ether oxygens (including phenoxy) is 2. The summed E-state index contributed by atoms with van der Waals surface area (Å²) in [7, 11) is 0. The molecule has 8 heteroatoms. The van der Waals surface area contributed by atoms with E-state index < -0.39 is 10.8 Å². The van der Waals surface area contributed by atoms with E-state index in [1.807, 2.05) is 62.4 Å². The van der Waals surface area contributed by atoms with Gasteiger partial charge in [0.25, 0.3) is 0 Å². The molecular weight excluding hydrogens is 753 g/mol. The second-order valence-corrected chi connectivity index (χ2v) is 18.8. The highest BCUT2D eigenvalue weighted by Gasteiger charge is 2.57. The van der Waals surface area contributed by atoms with Crippen LogP contribution < -0.4 is 9.47 Å². The second-order valence-electron chi connectivity index (χ2n) is 18.8. The van der Waals surface area contributed by atoms with E-state index in [2.05, 4.69) is 38.1 Å². The highest BCUT2D eigenvalue weighted by atomic mass is 16.5. The Balaban J connectivity index is 0.000000154. The number of hydrogen-bond acceptors (Lipinski definition) is 8. The number of carbonyl (C=O) groups excluding carboxylic acids is 4. The van der Waals surface area contributed by atoms with Gasteiger partial charge < -0.3 is 19.7 Å². The predicted molar refractivity (Wildman–Crippen MR) is 228 cm³/mol. The number of carbonyl (C=O) groups is 4. The van der Waals surface area contributed by atoms with E-state index >= 15 is 0 Å². The summed E-state index contributed by atoms with van der Waals surface area (Å²) in [4.78, 5) is 51.8. The lowest BCUT2D eigenvalue weighted by molar-refractivity contribution is 0.0952. The van der Waals surface area contributed by atoms with Crippen molar-refractivity contribution in [1.82, 2.24) is 0 Å². The first-order chi connectivity index (χ1) is 28.8. The molecule has 2 heterocycles. The van der Waals surface area contributed by atoms with Crippen LogP contribution in [-0.4, -0.2) is 58.8 Å². The molecule has 4 aromatic carbocycles. The molecule has 10 atom stereocenters. The standard InChI is InChI=1S/2C26H28O4/c2*1-3-23(28)21-9-15(24(29)13-20-18-11-17(27)12-19(18)20)10-22-25(21)30-14-26(22,2)16-7-5-4-6-8-16/h2*4-10,17-20,27H,3,11-14H2,1-2H3/t2*17?,18-,19+,20?,26-/m00/s1. The normalized spacial score (nSPS) is 31.0. The zero-order valence-electron chi connectivity index (χ0n) is 35.1. The quantitative estimate of drug-likeness (QED) is 0.136. The Morgan fingerprint density at radius 3 is 1.23 bits per heavy atom. The van der Waals surface area contributed by atoms with Crippen LogP contribution >= 0.6 is 0 Å². The first kappa shape index (κ1) is 40.5. The predicted octanol–water partition coefficient (Wildman–Crippen LogP) is 9.13.